The second-order valence-electron chi connectivity index (χ2n) is 8.12. The van der Waals surface area contributed by atoms with Crippen molar-refractivity contribution < 1.29 is 58.7 Å². The molecule has 0 aliphatic heterocycles. The van der Waals surface area contributed by atoms with Crippen LogP contribution in [-0.4, -0.2) is 0 Å². The molecule has 0 bridgehead atoms. The van der Waals surface area contributed by atoms with Crippen LogP contribution in [0, 0.1) is 12.8 Å². The molecular weight excluding hydrogens is 656 g/mol. The van der Waals surface area contributed by atoms with Crippen LogP contribution in [0.25, 0.3) is 0 Å². The van der Waals surface area contributed by atoms with Gasteiger partial charge in [0, 0.05) is 0 Å². The molecule has 0 N–H and O–H groups in total. The largest absolute Gasteiger partial charge is 2.00 e. The fourth-order valence-electron chi connectivity index (χ4n) is 4.08. The summed E-state index contributed by atoms with van der Waals surface area (Å²) >= 11 is 0. The van der Waals surface area contributed by atoms with Crippen LogP contribution in [0.3, 0.4) is 0 Å². The molecule has 0 amide bonds. The van der Waals surface area contributed by atoms with Crippen molar-refractivity contribution in [2.75, 3.05) is 0 Å². The van der Waals surface area contributed by atoms with Gasteiger partial charge in [0.2, 0.25) is 0 Å². The fraction of sp³-hybridized carbons (Fsp3) is 0. The first kappa shape index (κ1) is 36.1. The van der Waals surface area contributed by atoms with E-state index in [1.54, 1.807) is 0 Å². The maximum Gasteiger partial charge on any atom is 2.00 e. The number of rotatable bonds is 6. The Kier molecular flexibility index (Phi) is 17.3. The molecule has 4 aromatic carbocycles. The third-order valence-electron chi connectivity index (χ3n) is 5.70. The van der Waals surface area contributed by atoms with Crippen molar-refractivity contribution in [3.63, 3.8) is 0 Å². The molecule has 6 heteroatoms. The quantitative estimate of drug-likeness (QED) is 0.164. The SMILES string of the molecule is [C-]1C=CC=C1P(c1ccccc1)c1ccccc1.[C-]1C=CC=C1P(c1ccccc1)c1ccccc1.[Cl-].[Cl-].[Co+2].[Fe+2]. The van der Waals surface area contributed by atoms with Gasteiger partial charge in [-0.15, -0.1) is 10.6 Å². The third-order valence-corrected chi connectivity index (χ3v) is 10.5. The summed E-state index contributed by atoms with van der Waals surface area (Å²) in [5.41, 5.74) is 0. The van der Waals surface area contributed by atoms with Gasteiger partial charge in [-0.05, 0) is 37.1 Å². The molecule has 0 atom stereocenters. The first-order valence-corrected chi connectivity index (χ1v) is 14.7. The summed E-state index contributed by atoms with van der Waals surface area (Å²) in [4.78, 5) is 0. The second-order valence-corrected chi connectivity index (χ2v) is 12.5. The maximum absolute atomic E-state index is 3.36. The monoisotopic (exact) mass is 681 g/mol. The second kappa shape index (κ2) is 19.2. The van der Waals surface area contributed by atoms with Crippen molar-refractivity contribution in [3.8, 4) is 0 Å². The number of hydrogen-bond donors (Lipinski definition) is 0. The van der Waals surface area contributed by atoms with E-state index in [1.165, 1.54) is 31.8 Å². The van der Waals surface area contributed by atoms with Gasteiger partial charge in [-0.1, -0.05) is 121 Å². The normalized spacial score (nSPS) is 12.2. The molecule has 0 nitrogen and oxygen atoms in total. The van der Waals surface area contributed by atoms with Gasteiger partial charge in [0.1, 0.15) is 0 Å². The molecule has 0 fully saturated rings. The van der Waals surface area contributed by atoms with Gasteiger partial charge in [-0.2, -0.15) is 25.0 Å². The summed E-state index contributed by atoms with van der Waals surface area (Å²) in [5, 5.41) is 8.09. The predicted molar refractivity (Wildman–Crippen MR) is 159 cm³/mol. The molecule has 0 unspecified atom stereocenters. The topological polar surface area (TPSA) is 0 Å². The van der Waals surface area contributed by atoms with Crippen LogP contribution in [0.15, 0.2) is 168 Å². The third kappa shape index (κ3) is 9.56. The fourth-order valence-corrected chi connectivity index (χ4v) is 8.55. The Morgan fingerprint density at radius 3 is 0.850 bits per heavy atom. The van der Waals surface area contributed by atoms with Gasteiger partial charge >= 0.3 is 33.8 Å². The van der Waals surface area contributed by atoms with E-state index in [-0.39, 0.29) is 58.7 Å². The van der Waals surface area contributed by atoms with Crippen LogP contribution < -0.4 is 46.0 Å². The zero-order valence-corrected chi connectivity index (χ0v) is 26.8. The number of benzene rings is 4. The van der Waals surface area contributed by atoms with Crippen LogP contribution in [0.4, 0.5) is 0 Å². The minimum absolute atomic E-state index is 0. The van der Waals surface area contributed by atoms with E-state index in [2.05, 4.69) is 158 Å². The van der Waals surface area contributed by atoms with Gasteiger partial charge in [-0.3, -0.25) is 0 Å². The van der Waals surface area contributed by atoms with E-state index in [0.29, 0.717) is 0 Å². The molecule has 203 valence electrons. The summed E-state index contributed by atoms with van der Waals surface area (Å²) in [7, 11) is -0.929. The van der Waals surface area contributed by atoms with E-state index in [9.17, 15) is 0 Å². The number of halogens is 2. The van der Waals surface area contributed by atoms with Crippen LogP contribution in [0.1, 0.15) is 0 Å². The van der Waals surface area contributed by atoms with Crippen LogP contribution >= 0.6 is 15.8 Å². The molecule has 40 heavy (non-hydrogen) atoms. The van der Waals surface area contributed by atoms with Gasteiger partial charge in [0.15, 0.2) is 0 Å². The summed E-state index contributed by atoms with van der Waals surface area (Å²) in [6, 6.07) is 42.8. The van der Waals surface area contributed by atoms with E-state index >= 15 is 0 Å². The zero-order chi connectivity index (χ0) is 24.4. The van der Waals surface area contributed by atoms with Crippen molar-refractivity contribution in [1.29, 1.82) is 0 Å². The minimum atomic E-state index is -0.465. The van der Waals surface area contributed by atoms with Crippen molar-refractivity contribution in [1.82, 2.24) is 0 Å². The van der Waals surface area contributed by atoms with E-state index < -0.39 is 15.8 Å². The van der Waals surface area contributed by atoms with Gasteiger partial charge < -0.3 is 24.8 Å². The summed E-state index contributed by atoms with van der Waals surface area (Å²) in [6.07, 6.45) is 19.2. The van der Waals surface area contributed by atoms with Crippen molar-refractivity contribution in [3.05, 3.63) is 181 Å². The standard InChI is InChI=1S/2C17H13P.2ClH.Co.Fe/c2*1-3-9-15(10-4-1)18(17-13-7-8-14-17)16-11-5-2-6-12-16;;;;/h2*1-13H;2*1H;;/q2*-1;;;2*+2/p-2. The average molecular weight is 682 g/mol. The first-order valence-electron chi connectivity index (χ1n) is 12.0. The predicted octanol–water partition coefficient (Wildman–Crippen LogP) is 1.31. The molecule has 3 radical (unpaired) electrons. The smallest absolute Gasteiger partial charge is 1.00 e. The van der Waals surface area contributed by atoms with Gasteiger partial charge in [-0.25, -0.2) is 24.3 Å². The summed E-state index contributed by atoms with van der Waals surface area (Å²) in [6.45, 7) is 0. The van der Waals surface area contributed by atoms with Crippen molar-refractivity contribution >= 4 is 37.1 Å². The molecule has 0 saturated carbocycles. The van der Waals surface area contributed by atoms with E-state index in [0.717, 1.165) is 0 Å². The molecule has 0 spiro atoms. The Labute approximate surface area is 275 Å². The Balaban J connectivity index is 0.000000364. The molecule has 2 aliphatic rings. The molecular formula is C34H26Cl2CoFeP2. The summed E-state index contributed by atoms with van der Waals surface area (Å²) in [5.74, 6) is 0. The molecule has 0 aromatic heterocycles. The van der Waals surface area contributed by atoms with E-state index in [4.69, 9.17) is 0 Å². The Morgan fingerprint density at radius 1 is 0.400 bits per heavy atom. The molecule has 0 heterocycles. The van der Waals surface area contributed by atoms with Gasteiger partial charge in [0.05, 0.1) is 0 Å². The van der Waals surface area contributed by atoms with Crippen LogP contribution in [-0.2, 0) is 33.8 Å². The Hall–Kier alpha value is -1.95. The number of hydrogen-bond acceptors (Lipinski definition) is 0. The van der Waals surface area contributed by atoms with E-state index in [1.807, 2.05) is 12.2 Å². The molecule has 0 saturated heterocycles. The minimum Gasteiger partial charge on any atom is -1.00 e. The molecule has 4 aromatic rings. The van der Waals surface area contributed by atoms with Crippen molar-refractivity contribution in [2.24, 2.45) is 0 Å². The Morgan fingerprint density at radius 2 is 0.650 bits per heavy atom. The van der Waals surface area contributed by atoms with Crippen molar-refractivity contribution in [2.45, 2.75) is 0 Å². The van der Waals surface area contributed by atoms with Gasteiger partial charge in [0.25, 0.3) is 0 Å². The van der Waals surface area contributed by atoms with Crippen LogP contribution in [0.5, 0.6) is 0 Å². The Bertz CT molecular complexity index is 1190. The first-order chi connectivity index (χ1) is 17.9. The number of allylic oxidation sites excluding steroid dienone is 8. The summed E-state index contributed by atoms with van der Waals surface area (Å²) < 4.78 is 0. The molecule has 6 rings (SSSR count). The maximum atomic E-state index is 3.36. The average Bonchev–Trinajstić information content (AvgIpc) is 3.68. The van der Waals surface area contributed by atoms with Crippen LogP contribution in [0.2, 0.25) is 0 Å². The zero-order valence-electron chi connectivity index (χ0n) is 21.3. The molecule has 2 aliphatic carbocycles.